The maximum Gasteiger partial charge on any atom is 0.267 e. The topological polar surface area (TPSA) is 104 Å². The molecule has 0 heterocycles. The van der Waals surface area contributed by atoms with Gasteiger partial charge in [0.25, 0.3) is 11.8 Å². The third-order valence-electron chi connectivity index (χ3n) is 4.44. The van der Waals surface area contributed by atoms with Crippen molar-refractivity contribution in [1.82, 2.24) is 10.8 Å². The van der Waals surface area contributed by atoms with Gasteiger partial charge in [-0.05, 0) is 62.8 Å². The van der Waals surface area contributed by atoms with Gasteiger partial charge in [0.2, 0.25) is 0 Å². The van der Waals surface area contributed by atoms with Crippen LogP contribution in [0.5, 0.6) is 0 Å². The largest absolute Gasteiger partial charge is 0.338 e. The van der Waals surface area contributed by atoms with E-state index < -0.39 is 23.4 Å². The van der Waals surface area contributed by atoms with E-state index in [1.165, 1.54) is 18.3 Å². The lowest BCUT2D eigenvalue weighted by Crippen LogP contribution is -2.61. The molecule has 142 valence electrons. The first-order valence-corrected chi connectivity index (χ1v) is 8.96. The molecule has 6 nitrogen and oxygen atoms in total. The molecule has 2 rings (SSSR count). The number of rotatable bonds is 4. The number of amides is 2. The molecular formula is C21H25N3O3. The summed E-state index contributed by atoms with van der Waals surface area (Å²) in [7, 11) is 0. The number of carbonyl (C=O) groups is 2. The van der Waals surface area contributed by atoms with Crippen molar-refractivity contribution in [1.29, 1.82) is 0 Å². The van der Waals surface area contributed by atoms with Crippen LogP contribution in [0.15, 0.2) is 24.3 Å². The summed E-state index contributed by atoms with van der Waals surface area (Å²) in [6, 6.07) is 5.57. The molecular weight excluding hydrogens is 342 g/mol. The van der Waals surface area contributed by atoms with Crippen molar-refractivity contribution in [2.24, 2.45) is 11.7 Å². The molecule has 6 heteroatoms. The minimum absolute atomic E-state index is 0.359. The number of hydrogen-bond acceptors (Lipinski definition) is 4. The van der Waals surface area contributed by atoms with Gasteiger partial charge in [0.05, 0.1) is 0 Å². The molecule has 0 aromatic heterocycles. The molecule has 0 spiro atoms. The third kappa shape index (κ3) is 6.14. The van der Waals surface area contributed by atoms with Crippen LogP contribution in [0.25, 0.3) is 0 Å². The van der Waals surface area contributed by atoms with Crippen molar-refractivity contribution in [3.63, 3.8) is 0 Å². The third-order valence-corrected chi connectivity index (χ3v) is 4.44. The molecule has 1 aromatic rings. The van der Waals surface area contributed by atoms with Crippen LogP contribution in [-0.4, -0.2) is 28.6 Å². The maximum atomic E-state index is 12.4. The number of carbonyl (C=O) groups excluding carboxylic acids is 2. The van der Waals surface area contributed by atoms with Gasteiger partial charge in [0, 0.05) is 22.6 Å². The molecule has 0 aliphatic heterocycles. The first kappa shape index (κ1) is 20.5. The van der Waals surface area contributed by atoms with E-state index in [9.17, 15) is 9.59 Å². The highest BCUT2D eigenvalue weighted by molar-refractivity contribution is 5.97. The van der Waals surface area contributed by atoms with E-state index in [0.29, 0.717) is 11.5 Å². The zero-order valence-electron chi connectivity index (χ0n) is 15.6. The summed E-state index contributed by atoms with van der Waals surface area (Å²) in [6.07, 6.45) is 4.82. The zero-order valence-corrected chi connectivity index (χ0v) is 15.6. The van der Waals surface area contributed by atoms with E-state index in [2.05, 4.69) is 29.0 Å². The number of hydroxylamine groups is 1. The summed E-state index contributed by atoms with van der Waals surface area (Å²) < 4.78 is 0. The summed E-state index contributed by atoms with van der Waals surface area (Å²) in [5.41, 5.74) is 7.48. The normalized spacial score (nSPS) is 15.0. The second-order valence-corrected chi connectivity index (χ2v) is 7.28. The molecule has 0 radical (unpaired) electrons. The number of nitrogens with one attached hydrogen (secondary N) is 2. The van der Waals surface area contributed by atoms with Gasteiger partial charge in [-0.25, -0.2) is 5.48 Å². The first-order chi connectivity index (χ1) is 12.8. The van der Waals surface area contributed by atoms with E-state index in [4.69, 9.17) is 10.9 Å². The summed E-state index contributed by atoms with van der Waals surface area (Å²) >= 11 is 0. The van der Waals surface area contributed by atoms with Crippen LogP contribution in [0.4, 0.5) is 0 Å². The van der Waals surface area contributed by atoms with Crippen LogP contribution in [0.1, 0.15) is 55.5 Å². The van der Waals surface area contributed by atoms with Crippen LogP contribution >= 0.6 is 0 Å². The van der Waals surface area contributed by atoms with Crippen LogP contribution in [0.3, 0.4) is 0 Å². The second-order valence-electron chi connectivity index (χ2n) is 7.28. The fourth-order valence-corrected chi connectivity index (χ4v) is 2.89. The van der Waals surface area contributed by atoms with E-state index in [1.54, 1.807) is 38.1 Å². The molecule has 1 aromatic carbocycles. The summed E-state index contributed by atoms with van der Waals surface area (Å²) in [6.45, 7) is 3.16. The van der Waals surface area contributed by atoms with Gasteiger partial charge in [-0.3, -0.25) is 14.8 Å². The number of hydrogen-bond donors (Lipinski definition) is 4. The average Bonchev–Trinajstić information content (AvgIpc) is 3.15. The van der Waals surface area contributed by atoms with Gasteiger partial charge in [-0.1, -0.05) is 24.7 Å². The molecule has 0 unspecified atom stereocenters. The monoisotopic (exact) mass is 367 g/mol. The van der Waals surface area contributed by atoms with Gasteiger partial charge >= 0.3 is 0 Å². The first-order valence-electron chi connectivity index (χ1n) is 8.96. The maximum absolute atomic E-state index is 12.4. The lowest BCUT2D eigenvalue weighted by molar-refractivity contribution is -0.132. The Bertz CT molecular complexity index is 796. The molecule has 1 aliphatic rings. The Labute approximate surface area is 159 Å². The Morgan fingerprint density at radius 3 is 2.37 bits per heavy atom. The molecule has 1 aliphatic carbocycles. The quantitative estimate of drug-likeness (QED) is 0.368. The van der Waals surface area contributed by atoms with Crippen molar-refractivity contribution in [3.8, 4) is 23.7 Å². The summed E-state index contributed by atoms with van der Waals surface area (Å²) in [5.74, 6) is 11.1. The highest BCUT2D eigenvalue weighted by atomic mass is 16.5. The van der Waals surface area contributed by atoms with E-state index in [-0.39, 0.29) is 0 Å². The van der Waals surface area contributed by atoms with Gasteiger partial charge < -0.3 is 11.1 Å². The van der Waals surface area contributed by atoms with Crippen molar-refractivity contribution in [2.75, 3.05) is 0 Å². The Hall–Kier alpha value is -2.80. The van der Waals surface area contributed by atoms with Gasteiger partial charge in [0.15, 0.2) is 0 Å². The highest BCUT2D eigenvalue weighted by Crippen LogP contribution is 2.23. The zero-order chi connectivity index (χ0) is 19.9. The smallest absolute Gasteiger partial charge is 0.267 e. The minimum atomic E-state index is -1.08. The SMILES string of the molecule is CC(C)(N)[C@H](NC(=O)c1ccc(C#CC#CC2CCCC2)cc1)C(=O)NO. The van der Waals surface area contributed by atoms with Gasteiger partial charge in [-0.15, -0.1) is 0 Å². The minimum Gasteiger partial charge on any atom is -0.338 e. The molecule has 1 fully saturated rings. The Morgan fingerprint density at radius 2 is 1.81 bits per heavy atom. The second kappa shape index (κ2) is 9.23. The molecule has 1 saturated carbocycles. The molecule has 1 atom stereocenters. The van der Waals surface area contributed by atoms with Gasteiger partial charge in [-0.2, -0.15) is 0 Å². The highest BCUT2D eigenvalue weighted by Gasteiger charge is 2.33. The summed E-state index contributed by atoms with van der Waals surface area (Å²) in [4.78, 5) is 24.1. The van der Waals surface area contributed by atoms with Gasteiger partial charge in [0.1, 0.15) is 6.04 Å². The van der Waals surface area contributed by atoms with E-state index in [0.717, 1.165) is 18.4 Å². The lowest BCUT2D eigenvalue weighted by atomic mass is 9.95. The number of nitrogens with two attached hydrogens (primary N) is 1. The lowest BCUT2D eigenvalue weighted by Gasteiger charge is -2.29. The Kier molecular flexibility index (Phi) is 7.01. The van der Waals surface area contributed by atoms with Crippen LogP contribution in [0.2, 0.25) is 0 Å². The van der Waals surface area contributed by atoms with Crippen LogP contribution in [-0.2, 0) is 4.79 Å². The van der Waals surface area contributed by atoms with E-state index >= 15 is 0 Å². The molecule has 0 bridgehead atoms. The summed E-state index contributed by atoms with van der Waals surface area (Å²) in [5, 5.41) is 11.4. The fourth-order valence-electron chi connectivity index (χ4n) is 2.89. The Balaban J connectivity index is 2.01. The van der Waals surface area contributed by atoms with Crippen LogP contribution in [0, 0.1) is 29.6 Å². The molecule has 2 amide bonds. The van der Waals surface area contributed by atoms with Crippen molar-refractivity contribution in [2.45, 2.75) is 51.1 Å². The standard InChI is InChI=1S/C21H25N3O3/c1-21(2,22)18(20(26)24-27)23-19(25)17-13-11-16(12-14-17)10-6-5-9-15-7-3-4-8-15/h11-15,18,27H,3-4,7-8,22H2,1-2H3,(H,23,25)(H,24,26)/t18-/m1/s1. The van der Waals surface area contributed by atoms with Crippen molar-refractivity contribution >= 4 is 11.8 Å². The van der Waals surface area contributed by atoms with Crippen molar-refractivity contribution in [3.05, 3.63) is 35.4 Å². The molecule has 0 saturated heterocycles. The predicted molar refractivity (Wildman–Crippen MR) is 103 cm³/mol. The average molecular weight is 367 g/mol. The molecule has 27 heavy (non-hydrogen) atoms. The predicted octanol–water partition coefficient (Wildman–Crippen LogP) is 1.57. The Morgan fingerprint density at radius 1 is 1.19 bits per heavy atom. The van der Waals surface area contributed by atoms with Crippen molar-refractivity contribution < 1.29 is 14.8 Å². The number of benzene rings is 1. The fraction of sp³-hybridized carbons (Fsp3) is 0.429. The molecule has 5 N–H and O–H groups in total. The van der Waals surface area contributed by atoms with Crippen LogP contribution < -0.4 is 16.5 Å². The van der Waals surface area contributed by atoms with E-state index in [1.807, 2.05) is 0 Å².